The number of aromatic nitrogens is 1. The van der Waals surface area contributed by atoms with Crippen LogP contribution in [0.2, 0.25) is 0 Å². The third-order valence-corrected chi connectivity index (χ3v) is 9.16. The summed E-state index contributed by atoms with van der Waals surface area (Å²) < 4.78 is 3.63. The van der Waals surface area contributed by atoms with Crippen molar-refractivity contribution in [3.05, 3.63) is 167 Å². The average molecular weight is 663 g/mol. The normalized spacial score (nSPS) is 11.4. The van der Waals surface area contributed by atoms with E-state index < -0.39 is 0 Å². The van der Waals surface area contributed by atoms with E-state index in [2.05, 4.69) is 196 Å². The van der Waals surface area contributed by atoms with E-state index in [1.807, 2.05) is 0 Å². The standard InChI is InChI=1S/C40H27IN2/c41-35-20-8-11-23-39(35)43-38-22-10-7-19-33(38)34-26-25-30(27-40(34)43)42(37-24-12-16-29-15-4-5-17-32(29)37)36-21-9-6-18-31(36)28-13-2-1-3-14-28/h1-27H. The highest BCUT2D eigenvalue weighted by Crippen LogP contribution is 2.45. The monoisotopic (exact) mass is 662 g/mol. The molecule has 0 aliphatic heterocycles. The molecule has 0 bridgehead atoms. The van der Waals surface area contributed by atoms with E-state index in [1.54, 1.807) is 0 Å². The summed E-state index contributed by atoms with van der Waals surface area (Å²) in [6.45, 7) is 0. The van der Waals surface area contributed by atoms with E-state index in [0.717, 1.165) is 17.1 Å². The zero-order valence-corrected chi connectivity index (χ0v) is 25.5. The minimum atomic E-state index is 1.11. The molecule has 0 saturated carbocycles. The predicted octanol–water partition coefficient (Wildman–Crippen LogP) is 11.7. The largest absolute Gasteiger partial charge is 0.309 e. The third kappa shape index (κ3) is 4.39. The van der Waals surface area contributed by atoms with Gasteiger partial charge in [-0.15, -0.1) is 0 Å². The molecule has 8 rings (SSSR count). The van der Waals surface area contributed by atoms with Crippen LogP contribution in [0.4, 0.5) is 17.1 Å². The van der Waals surface area contributed by atoms with Crippen molar-refractivity contribution < 1.29 is 0 Å². The van der Waals surface area contributed by atoms with Crippen LogP contribution in [-0.4, -0.2) is 4.57 Å². The number of rotatable bonds is 5. The Morgan fingerprint density at radius 1 is 0.465 bits per heavy atom. The Hall–Kier alpha value is -4.87. The first-order chi connectivity index (χ1) is 21.3. The van der Waals surface area contributed by atoms with E-state index in [1.165, 1.54) is 53.0 Å². The van der Waals surface area contributed by atoms with Gasteiger partial charge in [0, 0.05) is 31.0 Å². The molecule has 0 spiro atoms. The molecule has 0 aliphatic rings. The van der Waals surface area contributed by atoms with Gasteiger partial charge in [-0.3, -0.25) is 0 Å². The number of fused-ring (bicyclic) bond motifs is 4. The van der Waals surface area contributed by atoms with E-state index in [-0.39, 0.29) is 0 Å². The molecule has 0 aliphatic carbocycles. The smallest absolute Gasteiger partial charge is 0.0595 e. The number of para-hydroxylation sites is 3. The Kier molecular flexibility index (Phi) is 6.46. The van der Waals surface area contributed by atoms with E-state index >= 15 is 0 Å². The second kappa shape index (κ2) is 10.8. The van der Waals surface area contributed by atoms with Gasteiger partial charge in [0.25, 0.3) is 0 Å². The topological polar surface area (TPSA) is 8.17 Å². The molecule has 0 amide bonds. The van der Waals surface area contributed by atoms with Gasteiger partial charge < -0.3 is 9.47 Å². The number of benzene rings is 7. The van der Waals surface area contributed by atoms with Gasteiger partial charge in [-0.05, 0) is 76.0 Å². The highest BCUT2D eigenvalue weighted by atomic mass is 127. The van der Waals surface area contributed by atoms with Gasteiger partial charge in [-0.25, -0.2) is 0 Å². The molecule has 0 saturated heterocycles. The van der Waals surface area contributed by atoms with Gasteiger partial charge in [0.15, 0.2) is 0 Å². The Labute approximate surface area is 264 Å². The summed E-state index contributed by atoms with van der Waals surface area (Å²) in [6.07, 6.45) is 0. The van der Waals surface area contributed by atoms with Gasteiger partial charge >= 0.3 is 0 Å². The SMILES string of the molecule is Ic1ccccc1-n1c2ccccc2c2ccc(N(c3ccccc3-c3ccccc3)c3cccc4ccccc34)cc21. The molecule has 3 heteroatoms. The number of nitrogens with zero attached hydrogens (tertiary/aromatic N) is 2. The van der Waals surface area contributed by atoms with Gasteiger partial charge in [-0.1, -0.05) is 121 Å². The number of halogens is 1. The minimum absolute atomic E-state index is 1.11. The first-order valence-electron chi connectivity index (χ1n) is 14.5. The van der Waals surface area contributed by atoms with Crippen molar-refractivity contribution in [3.63, 3.8) is 0 Å². The Balaban J connectivity index is 1.46. The first-order valence-corrected chi connectivity index (χ1v) is 15.6. The summed E-state index contributed by atoms with van der Waals surface area (Å²) in [5.41, 5.74) is 9.37. The third-order valence-electron chi connectivity index (χ3n) is 8.25. The zero-order chi connectivity index (χ0) is 28.8. The van der Waals surface area contributed by atoms with E-state index in [0.29, 0.717) is 0 Å². The quantitative estimate of drug-likeness (QED) is 0.167. The molecule has 7 aromatic carbocycles. The lowest BCUT2D eigenvalue weighted by molar-refractivity contribution is 1.16. The van der Waals surface area contributed by atoms with Crippen LogP contribution in [0.5, 0.6) is 0 Å². The molecule has 43 heavy (non-hydrogen) atoms. The molecular weight excluding hydrogens is 635 g/mol. The predicted molar refractivity (Wildman–Crippen MR) is 191 cm³/mol. The second-order valence-electron chi connectivity index (χ2n) is 10.7. The van der Waals surface area contributed by atoms with Crippen molar-refractivity contribution in [1.82, 2.24) is 4.57 Å². The Morgan fingerprint density at radius 3 is 2.00 bits per heavy atom. The molecule has 0 fully saturated rings. The van der Waals surface area contributed by atoms with Crippen molar-refractivity contribution in [2.45, 2.75) is 0 Å². The highest BCUT2D eigenvalue weighted by molar-refractivity contribution is 14.1. The molecule has 0 atom stereocenters. The molecule has 8 aromatic rings. The van der Waals surface area contributed by atoms with Crippen LogP contribution in [0, 0.1) is 3.57 Å². The molecule has 0 unspecified atom stereocenters. The number of hydrogen-bond donors (Lipinski definition) is 0. The Morgan fingerprint density at radius 2 is 1.12 bits per heavy atom. The van der Waals surface area contributed by atoms with Gasteiger partial charge in [-0.2, -0.15) is 0 Å². The molecule has 1 heterocycles. The molecule has 1 aromatic heterocycles. The molecular formula is C40H27IN2. The molecule has 0 N–H and O–H groups in total. The van der Waals surface area contributed by atoms with Crippen LogP contribution in [0.25, 0.3) is 49.4 Å². The molecule has 2 nitrogen and oxygen atoms in total. The van der Waals surface area contributed by atoms with Crippen LogP contribution in [0.15, 0.2) is 164 Å². The second-order valence-corrected chi connectivity index (χ2v) is 11.9. The number of hydrogen-bond acceptors (Lipinski definition) is 1. The van der Waals surface area contributed by atoms with Gasteiger partial charge in [0.1, 0.15) is 0 Å². The Bertz CT molecular complexity index is 2260. The van der Waals surface area contributed by atoms with Crippen molar-refractivity contribution >= 4 is 72.2 Å². The minimum Gasteiger partial charge on any atom is -0.309 e. The summed E-state index contributed by atoms with van der Waals surface area (Å²) in [5.74, 6) is 0. The fourth-order valence-electron chi connectivity index (χ4n) is 6.33. The van der Waals surface area contributed by atoms with Gasteiger partial charge in [0.05, 0.1) is 28.1 Å². The van der Waals surface area contributed by atoms with Crippen molar-refractivity contribution in [2.75, 3.05) is 4.90 Å². The summed E-state index contributed by atoms with van der Waals surface area (Å²) in [6, 6.07) is 59.0. The van der Waals surface area contributed by atoms with E-state index in [9.17, 15) is 0 Å². The van der Waals surface area contributed by atoms with Crippen LogP contribution in [0.3, 0.4) is 0 Å². The average Bonchev–Trinajstić information content (AvgIpc) is 3.39. The van der Waals surface area contributed by atoms with Crippen LogP contribution in [0.1, 0.15) is 0 Å². The maximum atomic E-state index is 2.46. The lowest BCUT2D eigenvalue weighted by Crippen LogP contribution is -2.12. The fourth-order valence-corrected chi connectivity index (χ4v) is 6.96. The van der Waals surface area contributed by atoms with Crippen molar-refractivity contribution in [1.29, 1.82) is 0 Å². The summed E-state index contributed by atoms with van der Waals surface area (Å²) >= 11 is 2.46. The highest BCUT2D eigenvalue weighted by Gasteiger charge is 2.21. The molecule has 0 radical (unpaired) electrons. The zero-order valence-electron chi connectivity index (χ0n) is 23.4. The first kappa shape index (κ1) is 25.8. The van der Waals surface area contributed by atoms with Crippen LogP contribution < -0.4 is 4.90 Å². The lowest BCUT2D eigenvalue weighted by atomic mass is 10.0. The van der Waals surface area contributed by atoms with Crippen LogP contribution in [-0.2, 0) is 0 Å². The van der Waals surface area contributed by atoms with Crippen molar-refractivity contribution in [3.8, 4) is 16.8 Å². The van der Waals surface area contributed by atoms with Crippen molar-refractivity contribution in [2.24, 2.45) is 0 Å². The molecule has 204 valence electrons. The maximum Gasteiger partial charge on any atom is 0.0595 e. The lowest BCUT2D eigenvalue weighted by Gasteiger charge is -2.29. The maximum absolute atomic E-state index is 2.46. The summed E-state index contributed by atoms with van der Waals surface area (Å²) in [5, 5.41) is 4.93. The fraction of sp³-hybridized carbons (Fsp3) is 0. The van der Waals surface area contributed by atoms with Gasteiger partial charge in [0.2, 0.25) is 0 Å². The van der Waals surface area contributed by atoms with E-state index in [4.69, 9.17) is 0 Å². The summed E-state index contributed by atoms with van der Waals surface area (Å²) in [7, 11) is 0. The number of anilines is 3. The summed E-state index contributed by atoms with van der Waals surface area (Å²) in [4.78, 5) is 2.43. The van der Waals surface area contributed by atoms with Crippen LogP contribution >= 0.6 is 22.6 Å².